The lowest BCUT2D eigenvalue weighted by Gasteiger charge is -2.46. The van der Waals surface area contributed by atoms with Crippen LogP contribution in [0.1, 0.15) is 64.2 Å². The SMILES string of the molecule is COC[C@@H](c1ccc(C(F)(F)F)cc1)N1CCN(C2C[C@@H]3CN(C(=O)c4c(C)cc(C#N)nc4C)C[C@@H]3C2)C[C@@H]1C. The zero-order valence-corrected chi connectivity index (χ0v) is 24.1. The molecule has 3 aliphatic rings. The summed E-state index contributed by atoms with van der Waals surface area (Å²) in [5.74, 6) is 0.952. The standard InChI is InChI=1S/C31H38F3N5O2/c1-19-11-26(14-35)36-21(3)29(19)30(40)38-16-23-12-27(13-24(23)17-38)37-9-10-39(20(2)15-37)28(18-41-4)22-5-7-25(8-6-22)31(32,33)34/h5-8,11,20,23-24,27-28H,9-10,12-13,15-18H2,1-4H3/t20-,23-,24+,27?,28-/m0/s1. The number of hydrogen-bond acceptors (Lipinski definition) is 6. The number of hydrogen-bond donors (Lipinski definition) is 0. The Kier molecular flexibility index (Phi) is 8.42. The van der Waals surface area contributed by atoms with Gasteiger partial charge in [-0.2, -0.15) is 18.4 Å². The highest BCUT2D eigenvalue weighted by Gasteiger charge is 2.45. The molecular formula is C31H38F3N5O2. The number of rotatable bonds is 6. The van der Waals surface area contributed by atoms with Crippen molar-refractivity contribution in [2.24, 2.45) is 11.8 Å². The molecule has 220 valence electrons. The maximum absolute atomic E-state index is 13.4. The third-order valence-electron chi connectivity index (χ3n) is 9.31. The van der Waals surface area contributed by atoms with Gasteiger partial charge in [-0.3, -0.25) is 14.6 Å². The van der Waals surface area contributed by atoms with Gasteiger partial charge in [0.15, 0.2) is 0 Å². The van der Waals surface area contributed by atoms with Gasteiger partial charge < -0.3 is 9.64 Å². The quantitative estimate of drug-likeness (QED) is 0.496. The minimum absolute atomic E-state index is 0.0117. The van der Waals surface area contributed by atoms with Gasteiger partial charge in [-0.15, -0.1) is 0 Å². The molecule has 1 aromatic carbocycles. The molecule has 3 fully saturated rings. The Morgan fingerprint density at radius 1 is 1.12 bits per heavy atom. The van der Waals surface area contributed by atoms with E-state index in [9.17, 15) is 23.2 Å². The number of halogens is 3. The van der Waals surface area contributed by atoms with E-state index in [1.54, 1.807) is 32.2 Å². The van der Waals surface area contributed by atoms with E-state index in [0.29, 0.717) is 41.4 Å². The third kappa shape index (κ3) is 5.99. The largest absolute Gasteiger partial charge is 0.416 e. The van der Waals surface area contributed by atoms with E-state index in [-0.39, 0.29) is 18.0 Å². The van der Waals surface area contributed by atoms with E-state index in [1.165, 1.54) is 0 Å². The Morgan fingerprint density at radius 2 is 1.78 bits per heavy atom. The first kappa shape index (κ1) is 29.5. The minimum atomic E-state index is -4.35. The van der Waals surface area contributed by atoms with E-state index in [1.807, 2.05) is 11.8 Å². The Hall–Kier alpha value is -3.00. The zero-order valence-electron chi connectivity index (χ0n) is 24.1. The molecule has 0 radical (unpaired) electrons. The van der Waals surface area contributed by atoms with Crippen molar-refractivity contribution in [3.8, 4) is 6.07 Å². The van der Waals surface area contributed by atoms with Crippen LogP contribution < -0.4 is 0 Å². The molecule has 2 aromatic rings. The molecule has 1 amide bonds. The monoisotopic (exact) mass is 569 g/mol. The normalized spacial score (nSPS) is 26.1. The van der Waals surface area contributed by atoms with Crippen LogP contribution in [0, 0.1) is 37.0 Å². The number of likely N-dealkylation sites (tertiary alicyclic amines) is 1. The summed E-state index contributed by atoms with van der Waals surface area (Å²) in [5, 5.41) is 9.18. The van der Waals surface area contributed by atoms with Gasteiger partial charge >= 0.3 is 6.18 Å². The molecule has 1 aromatic heterocycles. The molecule has 5 atom stereocenters. The van der Waals surface area contributed by atoms with E-state index in [4.69, 9.17) is 4.74 Å². The minimum Gasteiger partial charge on any atom is -0.383 e. The molecule has 5 rings (SSSR count). The van der Waals surface area contributed by atoms with Gasteiger partial charge in [0, 0.05) is 51.9 Å². The van der Waals surface area contributed by atoms with Gasteiger partial charge in [0.25, 0.3) is 5.91 Å². The molecule has 2 saturated heterocycles. The Bertz CT molecular complexity index is 1270. The van der Waals surface area contributed by atoms with Crippen molar-refractivity contribution in [2.75, 3.05) is 46.4 Å². The lowest BCUT2D eigenvalue weighted by atomic mass is 9.99. The summed E-state index contributed by atoms with van der Waals surface area (Å²) >= 11 is 0. The summed E-state index contributed by atoms with van der Waals surface area (Å²) in [4.78, 5) is 24.6. The van der Waals surface area contributed by atoms with Crippen LogP contribution >= 0.6 is 0 Å². The second kappa shape index (κ2) is 11.7. The van der Waals surface area contributed by atoms with Crippen LogP contribution in [0.4, 0.5) is 13.2 Å². The van der Waals surface area contributed by atoms with E-state index in [0.717, 1.165) is 68.8 Å². The average Bonchev–Trinajstić information content (AvgIpc) is 3.51. The number of amides is 1. The summed E-state index contributed by atoms with van der Waals surface area (Å²) in [6.07, 6.45) is -2.23. The van der Waals surface area contributed by atoms with Crippen LogP contribution in [0.25, 0.3) is 0 Å². The van der Waals surface area contributed by atoms with Crippen LogP contribution in [0.3, 0.4) is 0 Å². The first-order valence-corrected chi connectivity index (χ1v) is 14.3. The average molecular weight is 570 g/mol. The number of benzene rings is 1. The number of pyridine rings is 1. The molecule has 41 heavy (non-hydrogen) atoms. The molecule has 3 heterocycles. The topological polar surface area (TPSA) is 72.7 Å². The zero-order chi connectivity index (χ0) is 29.5. The number of nitriles is 1. The van der Waals surface area contributed by atoms with E-state index < -0.39 is 11.7 Å². The molecule has 0 bridgehead atoms. The Morgan fingerprint density at radius 3 is 2.32 bits per heavy atom. The number of alkyl halides is 3. The van der Waals surface area contributed by atoms with Gasteiger partial charge in [0.2, 0.25) is 0 Å². The fourth-order valence-electron chi connectivity index (χ4n) is 7.33. The summed E-state index contributed by atoms with van der Waals surface area (Å²) < 4.78 is 44.7. The van der Waals surface area contributed by atoms with Crippen LogP contribution in [0.15, 0.2) is 30.3 Å². The summed E-state index contributed by atoms with van der Waals surface area (Å²) in [7, 11) is 1.63. The van der Waals surface area contributed by atoms with Crippen molar-refractivity contribution >= 4 is 5.91 Å². The Labute approximate surface area is 239 Å². The predicted molar refractivity (Wildman–Crippen MR) is 148 cm³/mol. The smallest absolute Gasteiger partial charge is 0.383 e. The molecule has 7 nitrogen and oxygen atoms in total. The highest BCUT2D eigenvalue weighted by Crippen LogP contribution is 2.42. The summed E-state index contributed by atoms with van der Waals surface area (Å²) in [6.45, 7) is 10.4. The lowest BCUT2D eigenvalue weighted by molar-refractivity contribution is -0.137. The van der Waals surface area contributed by atoms with Crippen LogP contribution in [-0.2, 0) is 10.9 Å². The molecule has 10 heteroatoms. The summed E-state index contributed by atoms with van der Waals surface area (Å²) in [5.41, 5.74) is 2.55. The summed E-state index contributed by atoms with van der Waals surface area (Å²) in [6, 6.07) is 9.80. The molecule has 0 spiro atoms. The van der Waals surface area contributed by atoms with Crippen molar-refractivity contribution < 1.29 is 22.7 Å². The van der Waals surface area contributed by atoms with Crippen LogP contribution in [0.2, 0.25) is 0 Å². The third-order valence-corrected chi connectivity index (χ3v) is 9.31. The van der Waals surface area contributed by atoms with E-state index in [2.05, 4.69) is 27.8 Å². The Balaban J connectivity index is 1.19. The van der Waals surface area contributed by atoms with Gasteiger partial charge in [0.05, 0.1) is 29.5 Å². The lowest BCUT2D eigenvalue weighted by Crippen LogP contribution is -2.56. The van der Waals surface area contributed by atoms with Gasteiger partial charge in [-0.05, 0) is 74.8 Å². The first-order valence-electron chi connectivity index (χ1n) is 14.3. The van der Waals surface area contributed by atoms with Gasteiger partial charge in [-0.1, -0.05) is 12.1 Å². The maximum Gasteiger partial charge on any atom is 0.416 e. The molecular weight excluding hydrogens is 531 g/mol. The number of aromatic nitrogens is 1. The number of piperazine rings is 1. The van der Waals surface area contributed by atoms with Gasteiger partial charge in [-0.25, -0.2) is 4.98 Å². The van der Waals surface area contributed by atoms with Crippen molar-refractivity contribution in [1.82, 2.24) is 19.7 Å². The highest BCUT2D eigenvalue weighted by molar-refractivity contribution is 5.97. The molecule has 0 N–H and O–H groups in total. The van der Waals surface area contributed by atoms with Crippen molar-refractivity contribution in [2.45, 2.75) is 57.9 Å². The number of ether oxygens (including phenoxy) is 1. The molecule has 1 aliphatic carbocycles. The second-order valence-electron chi connectivity index (χ2n) is 11.9. The number of nitrogens with zero attached hydrogens (tertiary/aromatic N) is 5. The van der Waals surface area contributed by atoms with Crippen LogP contribution in [0.5, 0.6) is 0 Å². The van der Waals surface area contributed by atoms with Crippen molar-refractivity contribution in [1.29, 1.82) is 5.26 Å². The number of aryl methyl sites for hydroxylation is 2. The predicted octanol–water partition coefficient (Wildman–Crippen LogP) is 4.83. The maximum atomic E-state index is 13.4. The van der Waals surface area contributed by atoms with Crippen molar-refractivity contribution in [3.05, 3.63) is 64.0 Å². The molecule has 2 aliphatic heterocycles. The number of fused-ring (bicyclic) bond motifs is 1. The molecule has 1 saturated carbocycles. The number of methoxy groups -OCH3 is 1. The fraction of sp³-hybridized carbons (Fsp3) is 0.581. The van der Waals surface area contributed by atoms with Gasteiger partial charge in [0.1, 0.15) is 11.8 Å². The number of carbonyl (C=O) groups is 1. The van der Waals surface area contributed by atoms with Crippen molar-refractivity contribution in [3.63, 3.8) is 0 Å². The first-order chi connectivity index (χ1) is 19.5. The second-order valence-corrected chi connectivity index (χ2v) is 11.9. The highest BCUT2D eigenvalue weighted by atomic mass is 19.4. The van der Waals surface area contributed by atoms with Crippen LogP contribution in [-0.4, -0.2) is 84.1 Å². The fourth-order valence-corrected chi connectivity index (χ4v) is 7.33. The number of carbonyl (C=O) groups excluding carboxylic acids is 1. The molecule has 1 unspecified atom stereocenters. The van der Waals surface area contributed by atoms with E-state index >= 15 is 0 Å².